The van der Waals surface area contributed by atoms with Crippen LogP contribution in [0.1, 0.15) is 27.5 Å². The molecule has 0 saturated carbocycles. The number of benzene rings is 4. The quantitative estimate of drug-likeness (QED) is 0.213. The van der Waals surface area contributed by atoms with E-state index in [4.69, 9.17) is 16.3 Å². The summed E-state index contributed by atoms with van der Waals surface area (Å²) in [5, 5.41) is 4.95. The Hall–Kier alpha value is -3.54. The number of nitrogens with zero attached hydrogens (tertiary/aromatic N) is 1. The van der Waals surface area contributed by atoms with Crippen molar-refractivity contribution in [3.8, 4) is 16.9 Å². The Morgan fingerprint density at radius 2 is 1.51 bits per heavy atom. The summed E-state index contributed by atoms with van der Waals surface area (Å²) >= 11 is 7.79. The Balaban J connectivity index is 1.12. The lowest BCUT2D eigenvalue weighted by molar-refractivity contribution is -0.118. The van der Waals surface area contributed by atoms with Gasteiger partial charge in [-0.3, -0.25) is 4.79 Å². The minimum absolute atomic E-state index is 0.132. The summed E-state index contributed by atoms with van der Waals surface area (Å²) in [6.07, 6.45) is 1.63. The summed E-state index contributed by atoms with van der Waals surface area (Å²) in [5.74, 6) is 0.923. The van der Waals surface area contributed by atoms with Crippen LogP contribution in [0.4, 0.5) is 0 Å². The van der Waals surface area contributed by atoms with E-state index in [-0.39, 0.29) is 11.2 Å². The summed E-state index contributed by atoms with van der Waals surface area (Å²) in [5.41, 5.74) is 9.44. The molecule has 35 heavy (non-hydrogen) atoms. The number of hydrogen-bond donors (Lipinski definition) is 1. The van der Waals surface area contributed by atoms with Crippen LogP contribution in [0.15, 0.2) is 102 Å². The number of carbonyl (C=O) groups is 1. The normalized spacial score (nSPS) is 12.4. The number of hydrazone groups is 1. The summed E-state index contributed by atoms with van der Waals surface area (Å²) in [6.45, 7) is 0.400. The van der Waals surface area contributed by atoms with Crippen LogP contribution in [0.25, 0.3) is 11.1 Å². The molecule has 0 heterocycles. The van der Waals surface area contributed by atoms with Crippen LogP contribution in [-0.4, -0.2) is 17.9 Å². The van der Waals surface area contributed by atoms with Gasteiger partial charge < -0.3 is 4.74 Å². The Labute approximate surface area is 214 Å². The van der Waals surface area contributed by atoms with Crippen molar-refractivity contribution in [1.29, 1.82) is 0 Å². The second-order valence-electron chi connectivity index (χ2n) is 8.11. The number of rotatable bonds is 8. The van der Waals surface area contributed by atoms with Gasteiger partial charge in [-0.1, -0.05) is 78.3 Å². The van der Waals surface area contributed by atoms with E-state index in [1.165, 1.54) is 22.3 Å². The first-order chi connectivity index (χ1) is 17.2. The maximum Gasteiger partial charge on any atom is 0.250 e. The Bertz CT molecular complexity index is 1330. The number of amides is 1. The second-order valence-corrected chi connectivity index (χ2v) is 9.61. The Morgan fingerprint density at radius 1 is 0.886 bits per heavy atom. The van der Waals surface area contributed by atoms with Gasteiger partial charge in [-0.15, -0.1) is 11.8 Å². The van der Waals surface area contributed by atoms with E-state index in [0.717, 1.165) is 16.9 Å². The predicted molar refractivity (Wildman–Crippen MR) is 144 cm³/mol. The molecule has 0 radical (unpaired) electrons. The van der Waals surface area contributed by atoms with E-state index in [9.17, 15) is 4.79 Å². The van der Waals surface area contributed by atoms with Crippen molar-refractivity contribution in [3.05, 3.63) is 124 Å². The molecule has 0 spiro atoms. The van der Waals surface area contributed by atoms with Gasteiger partial charge in [-0.2, -0.15) is 5.10 Å². The molecule has 4 nitrogen and oxygen atoms in total. The van der Waals surface area contributed by atoms with E-state index in [0.29, 0.717) is 17.4 Å². The summed E-state index contributed by atoms with van der Waals surface area (Å²) in [6, 6.07) is 31.9. The van der Waals surface area contributed by atoms with Crippen LogP contribution in [0.2, 0.25) is 5.02 Å². The molecule has 5 rings (SSSR count). The lowest BCUT2D eigenvalue weighted by atomic mass is 10.1. The van der Waals surface area contributed by atoms with Gasteiger partial charge in [0.15, 0.2) is 0 Å². The fraction of sp³-hybridized carbons (Fsp3) is 0.103. The third kappa shape index (κ3) is 5.42. The average Bonchev–Trinajstić information content (AvgIpc) is 3.21. The number of hydrogen-bond acceptors (Lipinski definition) is 4. The molecular weight excluding hydrogens is 476 g/mol. The molecule has 0 saturated heterocycles. The van der Waals surface area contributed by atoms with Gasteiger partial charge in [0, 0.05) is 10.6 Å². The monoisotopic (exact) mass is 498 g/mol. The van der Waals surface area contributed by atoms with E-state index in [1.807, 2.05) is 48.5 Å². The van der Waals surface area contributed by atoms with Crippen molar-refractivity contribution in [3.63, 3.8) is 0 Å². The highest BCUT2D eigenvalue weighted by Gasteiger charge is 2.28. The van der Waals surface area contributed by atoms with Gasteiger partial charge in [-0.25, -0.2) is 5.43 Å². The smallest absolute Gasteiger partial charge is 0.250 e. The number of halogens is 1. The summed E-state index contributed by atoms with van der Waals surface area (Å²) < 4.78 is 5.80. The minimum atomic E-state index is -0.132. The van der Waals surface area contributed by atoms with Gasteiger partial charge in [0.05, 0.1) is 17.2 Å². The highest BCUT2D eigenvalue weighted by Crippen LogP contribution is 2.49. The number of thioether (sulfide) groups is 1. The van der Waals surface area contributed by atoms with Crippen LogP contribution >= 0.6 is 23.4 Å². The topological polar surface area (TPSA) is 50.7 Å². The van der Waals surface area contributed by atoms with Gasteiger partial charge in [0.2, 0.25) is 5.91 Å². The molecular formula is C29H23ClN2O2S. The predicted octanol–water partition coefficient (Wildman–Crippen LogP) is 6.87. The summed E-state index contributed by atoms with van der Waals surface area (Å²) in [7, 11) is 0. The molecule has 0 bridgehead atoms. The van der Waals surface area contributed by atoms with Gasteiger partial charge in [-0.05, 0) is 58.1 Å². The Morgan fingerprint density at radius 3 is 2.20 bits per heavy atom. The lowest BCUT2D eigenvalue weighted by Crippen LogP contribution is -2.20. The van der Waals surface area contributed by atoms with Gasteiger partial charge in [0.25, 0.3) is 0 Å². The van der Waals surface area contributed by atoms with Crippen molar-refractivity contribution in [2.45, 2.75) is 11.9 Å². The molecule has 1 N–H and O–H groups in total. The largest absolute Gasteiger partial charge is 0.489 e. The maximum atomic E-state index is 12.4. The van der Waals surface area contributed by atoms with E-state index >= 15 is 0 Å². The molecule has 1 amide bonds. The molecule has 0 fully saturated rings. The van der Waals surface area contributed by atoms with E-state index < -0.39 is 0 Å². The highest BCUT2D eigenvalue weighted by atomic mass is 35.5. The van der Waals surface area contributed by atoms with Crippen LogP contribution in [0.3, 0.4) is 0 Å². The van der Waals surface area contributed by atoms with Crippen molar-refractivity contribution < 1.29 is 9.53 Å². The third-order valence-corrected chi connectivity index (χ3v) is 7.43. The maximum absolute atomic E-state index is 12.4. The average molecular weight is 499 g/mol. The van der Waals surface area contributed by atoms with Crippen LogP contribution < -0.4 is 10.2 Å². The van der Waals surface area contributed by atoms with Gasteiger partial charge >= 0.3 is 0 Å². The molecule has 1 aliphatic carbocycles. The fourth-order valence-electron chi connectivity index (χ4n) is 4.09. The molecule has 1 aliphatic rings. The standard InChI is InChI=1S/C29H23ClN2O2S/c30-27-12-6-1-7-21(27)18-34-22-15-13-20(14-16-22)17-31-32-28(33)19-35-29-25-10-4-2-8-23(25)24-9-3-5-11-26(24)29/h1-17,29H,18-19H2,(H,32,33)/b31-17-. The molecule has 4 aromatic rings. The zero-order valence-electron chi connectivity index (χ0n) is 18.9. The molecule has 0 aromatic heterocycles. The molecule has 174 valence electrons. The van der Waals surface area contributed by atoms with Crippen molar-refractivity contribution >= 4 is 35.5 Å². The summed E-state index contributed by atoms with van der Waals surface area (Å²) in [4.78, 5) is 12.4. The number of carbonyl (C=O) groups excluding carboxylic acids is 1. The molecule has 0 unspecified atom stereocenters. The SMILES string of the molecule is O=C(CSC1c2ccccc2-c2ccccc21)N/N=C\c1ccc(OCc2ccccc2Cl)cc1. The zero-order chi connectivity index (χ0) is 24.0. The lowest BCUT2D eigenvalue weighted by Gasteiger charge is -2.12. The first kappa shape index (κ1) is 23.2. The number of fused-ring (bicyclic) bond motifs is 3. The first-order valence-corrected chi connectivity index (χ1v) is 12.7. The Kier molecular flexibility index (Phi) is 7.17. The highest BCUT2D eigenvalue weighted by molar-refractivity contribution is 8.00. The number of nitrogens with one attached hydrogen (secondary N) is 1. The first-order valence-electron chi connectivity index (χ1n) is 11.3. The zero-order valence-corrected chi connectivity index (χ0v) is 20.4. The fourth-order valence-corrected chi connectivity index (χ4v) is 5.43. The second kappa shape index (κ2) is 10.8. The van der Waals surface area contributed by atoms with E-state index in [2.05, 4.69) is 59.1 Å². The van der Waals surface area contributed by atoms with Crippen LogP contribution in [0, 0.1) is 0 Å². The van der Waals surface area contributed by atoms with E-state index in [1.54, 1.807) is 18.0 Å². The third-order valence-electron chi connectivity index (χ3n) is 5.79. The minimum Gasteiger partial charge on any atom is -0.489 e. The van der Waals surface area contributed by atoms with Crippen molar-refractivity contribution in [2.24, 2.45) is 5.10 Å². The van der Waals surface area contributed by atoms with Crippen molar-refractivity contribution in [2.75, 3.05) is 5.75 Å². The molecule has 4 aromatic carbocycles. The molecule has 0 atom stereocenters. The van der Waals surface area contributed by atoms with Crippen LogP contribution in [-0.2, 0) is 11.4 Å². The molecule has 0 aliphatic heterocycles. The van der Waals surface area contributed by atoms with Crippen molar-refractivity contribution in [1.82, 2.24) is 5.43 Å². The number of ether oxygens (including phenoxy) is 1. The van der Waals surface area contributed by atoms with Crippen LogP contribution in [0.5, 0.6) is 5.75 Å². The molecule has 6 heteroatoms. The van der Waals surface area contributed by atoms with Gasteiger partial charge in [0.1, 0.15) is 12.4 Å².